The second kappa shape index (κ2) is 10.7. The van der Waals surface area contributed by atoms with E-state index in [0.29, 0.717) is 23.9 Å². The summed E-state index contributed by atoms with van der Waals surface area (Å²) in [4.78, 5) is 8.92. The molecule has 6 aromatic rings. The molecule has 1 N–H and O–H groups in total. The van der Waals surface area contributed by atoms with Crippen molar-refractivity contribution in [3.63, 3.8) is 0 Å². The summed E-state index contributed by atoms with van der Waals surface area (Å²) in [6.07, 6.45) is 4.82. The smallest absolute Gasteiger partial charge is 0.146 e. The first-order valence-electron chi connectivity index (χ1n) is 13.0. The van der Waals surface area contributed by atoms with Crippen molar-refractivity contribution in [2.75, 3.05) is 5.32 Å². The number of furan rings is 1. The molecule has 10 heteroatoms. The first-order chi connectivity index (χ1) is 19.7. The quantitative estimate of drug-likeness (QED) is 0.208. The van der Waals surface area contributed by atoms with Crippen LogP contribution in [0.5, 0.6) is 0 Å². The van der Waals surface area contributed by atoms with Gasteiger partial charge in [0.15, 0.2) is 0 Å². The third-order valence-electron chi connectivity index (χ3n) is 6.47. The van der Waals surface area contributed by atoms with Gasteiger partial charge in [-0.1, -0.05) is 12.1 Å². The van der Waals surface area contributed by atoms with Gasteiger partial charge in [0.1, 0.15) is 40.5 Å². The highest BCUT2D eigenvalue weighted by Gasteiger charge is 2.18. The molecule has 0 unspecified atom stereocenters. The molecule has 3 heterocycles. The molecule has 0 saturated heterocycles. The van der Waals surface area contributed by atoms with E-state index in [2.05, 4.69) is 24.8 Å². The Kier molecular flexibility index (Phi) is 6.92. The molecule has 0 spiro atoms. The van der Waals surface area contributed by atoms with E-state index >= 15 is 0 Å². The molecule has 0 saturated carbocycles. The third-order valence-corrected chi connectivity index (χ3v) is 7.82. The average molecular weight is 567 g/mol. The van der Waals surface area contributed by atoms with Crippen LogP contribution < -0.4 is 5.32 Å². The fourth-order valence-corrected chi connectivity index (χ4v) is 4.90. The lowest BCUT2D eigenvalue weighted by Crippen LogP contribution is -2.19. The monoisotopic (exact) mass is 566 g/mol. The number of halogens is 1. The van der Waals surface area contributed by atoms with Crippen LogP contribution in [-0.2, 0) is 17.5 Å². The minimum absolute atomic E-state index is 0.263. The van der Waals surface area contributed by atoms with Crippen molar-refractivity contribution in [3.05, 3.63) is 102 Å². The van der Waals surface area contributed by atoms with Crippen molar-refractivity contribution in [2.45, 2.75) is 32.1 Å². The molecule has 41 heavy (non-hydrogen) atoms. The van der Waals surface area contributed by atoms with Gasteiger partial charge in [0.25, 0.3) is 0 Å². The number of benzene rings is 3. The maximum absolute atomic E-state index is 13.6. The third kappa shape index (κ3) is 5.78. The highest BCUT2D eigenvalue weighted by atomic mass is 32.2. The molecule has 0 aliphatic rings. The van der Waals surface area contributed by atoms with Gasteiger partial charge in [-0.05, 0) is 87.0 Å². The van der Waals surface area contributed by atoms with E-state index in [0.717, 1.165) is 38.6 Å². The van der Waals surface area contributed by atoms with Crippen molar-refractivity contribution in [2.24, 2.45) is 4.40 Å². The molecule has 3 aromatic heterocycles. The molecule has 3 aromatic carbocycles. The van der Waals surface area contributed by atoms with Gasteiger partial charge >= 0.3 is 0 Å². The zero-order chi connectivity index (χ0) is 28.6. The summed E-state index contributed by atoms with van der Waals surface area (Å²) in [6.45, 7) is 6.09. The van der Waals surface area contributed by atoms with Gasteiger partial charge in [-0.2, -0.15) is 9.50 Å². The number of hydrogen-bond donors (Lipinski definition) is 1. The zero-order valence-corrected chi connectivity index (χ0v) is 23.5. The van der Waals surface area contributed by atoms with E-state index in [1.54, 1.807) is 18.3 Å². The highest BCUT2D eigenvalue weighted by Crippen LogP contribution is 2.30. The number of anilines is 2. The van der Waals surface area contributed by atoms with Crippen molar-refractivity contribution in [3.8, 4) is 11.3 Å². The summed E-state index contributed by atoms with van der Waals surface area (Å²) in [5, 5.41) is 9.69. The first kappa shape index (κ1) is 26.5. The van der Waals surface area contributed by atoms with Crippen molar-refractivity contribution in [1.82, 2.24) is 19.7 Å². The Bertz CT molecular complexity index is 1940. The molecule has 8 nitrogen and oxygen atoms in total. The normalized spacial score (nSPS) is 12.9. The lowest BCUT2D eigenvalue weighted by molar-refractivity contribution is 0.575. The van der Waals surface area contributed by atoms with Gasteiger partial charge in [-0.15, -0.1) is 0 Å². The van der Waals surface area contributed by atoms with Crippen LogP contribution in [0.25, 0.3) is 33.1 Å². The van der Waals surface area contributed by atoms with Crippen molar-refractivity contribution >= 4 is 50.5 Å². The van der Waals surface area contributed by atoms with Crippen LogP contribution in [0, 0.1) is 5.82 Å². The topological polar surface area (TPSA) is 98.2 Å². The number of rotatable bonds is 7. The minimum Gasteiger partial charge on any atom is -0.455 e. The largest absolute Gasteiger partial charge is 0.455 e. The second-order valence-corrected chi connectivity index (χ2v) is 12.5. The molecule has 0 aliphatic carbocycles. The van der Waals surface area contributed by atoms with Gasteiger partial charge in [-0.3, -0.25) is 4.68 Å². The van der Waals surface area contributed by atoms with E-state index < -0.39 is 15.7 Å². The molecule has 0 bridgehead atoms. The molecule has 0 fully saturated rings. The van der Waals surface area contributed by atoms with Crippen LogP contribution in [0.4, 0.5) is 15.9 Å². The van der Waals surface area contributed by atoms with Gasteiger partial charge in [0.2, 0.25) is 0 Å². The fourth-order valence-electron chi connectivity index (χ4n) is 4.38. The molecule has 1 atom stereocenters. The highest BCUT2D eigenvalue weighted by molar-refractivity contribution is 7.85. The Balaban J connectivity index is 1.25. The number of fused-ring (bicyclic) bond motifs is 2. The predicted molar refractivity (Wildman–Crippen MR) is 161 cm³/mol. The summed E-state index contributed by atoms with van der Waals surface area (Å²) in [6, 6.07) is 22.0. The van der Waals surface area contributed by atoms with Gasteiger partial charge in [-0.25, -0.2) is 18.6 Å². The van der Waals surface area contributed by atoms with Crippen LogP contribution >= 0.6 is 0 Å². The summed E-state index contributed by atoms with van der Waals surface area (Å²) < 4.78 is 37.4. The molecule has 0 aliphatic heterocycles. The Morgan fingerprint density at radius 1 is 1.05 bits per heavy atom. The summed E-state index contributed by atoms with van der Waals surface area (Å²) in [5.41, 5.74) is 4.26. The summed E-state index contributed by atoms with van der Waals surface area (Å²) >= 11 is 0. The second-order valence-electron chi connectivity index (χ2n) is 10.6. The van der Waals surface area contributed by atoms with E-state index in [-0.39, 0.29) is 5.82 Å². The van der Waals surface area contributed by atoms with Crippen LogP contribution in [0.2, 0.25) is 0 Å². The lowest BCUT2D eigenvalue weighted by atomic mass is 10.1. The van der Waals surface area contributed by atoms with Crippen LogP contribution in [0.15, 0.2) is 94.1 Å². The number of aromatic nitrogens is 4. The maximum atomic E-state index is 13.6. The molecule has 206 valence electrons. The van der Waals surface area contributed by atoms with Crippen molar-refractivity contribution < 1.29 is 13.0 Å². The lowest BCUT2D eigenvalue weighted by Gasteiger charge is -2.12. The van der Waals surface area contributed by atoms with Gasteiger partial charge in [0.05, 0.1) is 34.7 Å². The fraction of sp³-hybridized carbons (Fsp3) is 0.161. The SMILES string of the molecule is CC(C)(C)[S@](=O)N=Cc1ccc(-c2ccc3ncnc(Nc4ccc5c(cnn5Cc5cccc(F)c5)c4)c3c2)o1. The van der Waals surface area contributed by atoms with Gasteiger partial charge in [0, 0.05) is 22.0 Å². The average Bonchev–Trinajstić information content (AvgIpc) is 3.58. The number of nitrogens with one attached hydrogen (secondary N) is 1. The minimum atomic E-state index is -1.37. The molecule has 6 rings (SSSR count). The standard InChI is InChI=1S/C31H27FN6O2S/c1-31(2,3)41(39)36-17-25-9-12-29(40-25)21-7-10-27-26(15-21)30(34-19-33-27)37-24-8-11-28-22(14-24)16-35-38(28)18-20-5-4-6-23(32)13-20/h4-17,19H,18H2,1-3H3,(H,33,34,37)/t41-/m0/s1. The van der Waals surface area contributed by atoms with E-state index in [4.69, 9.17) is 4.42 Å². The van der Waals surface area contributed by atoms with Gasteiger partial charge < -0.3 is 9.73 Å². The molecular weight excluding hydrogens is 539 g/mol. The molecular formula is C31H27FN6O2S. The van der Waals surface area contributed by atoms with Crippen molar-refractivity contribution in [1.29, 1.82) is 0 Å². The van der Waals surface area contributed by atoms with E-state index in [1.165, 1.54) is 24.7 Å². The molecule has 0 amide bonds. The maximum Gasteiger partial charge on any atom is 0.146 e. The number of hydrogen-bond acceptors (Lipinski definition) is 6. The van der Waals surface area contributed by atoms with E-state index in [1.807, 2.05) is 74.0 Å². The zero-order valence-electron chi connectivity index (χ0n) is 22.7. The Morgan fingerprint density at radius 2 is 1.93 bits per heavy atom. The Hall–Kier alpha value is -4.70. The molecule has 0 radical (unpaired) electrons. The summed E-state index contributed by atoms with van der Waals surface area (Å²) in [5.74, 6) is 1.56. The van der Waals surface area contributed by atoms with Crippen LogP contribution in [0.1, 0.15) is 32.1 Å². The number of nitrogens with zero attached hydrogens (tertiary/aromatic N) is 5. The predicted octanol–water partition coefficient (Wildman–Crippen LogP) is 7.05. The van der Waals surface area contributed by atoms with E-state index in [9.17, 15) is 8.60 Å². The first-order valence-corrected chi connectivity index (χ1v) is 14.1. The Labute approximate surface area is 238 Å². The summed E-state index contributed by atoms with van der Waals surface area (Å²) in [7, 11) is -1.37. The van der Waals surface area contributed by atoms with Crippen LogP contribution in [-0.4, -0.2) is 34.9 Å². The Morgan fingerprint density at radius 3 is 2.76 bits per heavy atom. The van der Waals surface area contributed by atoms with Crippen LogP contribution in [0.3, 0.4) is 0 Å².